The standard InChI is InChI=1S/C17H16N2OS/c1-19(17-8-3-2-6-14(17)12-18)13-16-10-9-15(21-16)7-4-5-11-20/h2-3,6,8-10,20H,5,11,13H2,1H3. The average molecular weight is 296 g/mol. The molecule has 4 heteroatoms. The fourth-order valence-corrected chi connectivity index (χ4v) is 2.89. The second-order valence-electron chi connectivity index (χ2n) is 4.53. The molecule has 0 unspecified atom stereocenters. The third-order valence-electron chi connectivity index (χ3n) is 2.94. The highest BCUT2D eigenvalue weighted by molar-refractivity contribution is 7.12. The van der Waals surface area contributed by atoms with Gasteiger partial charge in [-0.25, -0.2) is 0 Å². The van der Waals surface area contributed by atoms with Gasteiger partial charge in [0.15, 0.2) is 0 Å². The van der Waals surface area contributed by atoms with Crippen LogP contribution in [0.5, 0.6) is 0 Å². The summed E-state index contributed by atoms with van der Waals surface area (Å²) in [5.74, 6) is 5.96. The Labute approximate surface area is 129 Å². The predicted octanol–water partition coefficient (Wildman–Crippen LogP) is 2.99. The highest BCUT2D eigenvalue weighted by Crippen LogP contribution is 2.23. The number of benzene rings is 1. The van der Waals surface area contributed by atoms with E-state index in [1.54, 1.807) is 11.3 Å². The summed E-state index contributed by atoms with van der Waals surface area (Å²) < 4.78 is 0. The molecule has 106 valence electrons. The van der Waals surface area contributed by atoms with Crippen LogP contribution in [-0.2, 0) is 6.54 Å². The average Bonchev–Trinajstić information content (AvgIpc) is 2.95. The summed E-state index contributed by atoms with van der Waals surface area (Å²) in [5, 5.41) is 17.9. The minimum Gasteiger partial charge on any atom is -0.395 e. The number of hydrogen-bond donors (Lipinski definition) is 1. The van der Waals surface area contributed by atoms with Crippen LogP contribution in [0.25, 0.3) is 0 Å². The molecule has 0 aliphatic carbocycles. The molecule has 3 nitrogen and oxygen atoms in total. The summed E-state index contributed by atoms with van der Waals surface area (Å²) in [7, 11) is 1.98. The van der Waals surface area contributed by atoms with Gasteiger partial charge < -0.3 is 10.0 Å². The van der Waals surface area contributed by atoms with Gasteiger partial charge in [0.25, 0.3) is 0 Å². The van der Waals surface area contributed by atoms with Crippen molar-refractivity contribution in [2.24, 2.45) is 0 Å². The van der Waals surface area contributed by atoms with E-state index >= 15 is 0 Å². The van der Waals surface area contributed by atoms with Crippen LogP contribution >= 0.6 is 11.3 Å². The number of anilines is 1. The van der Waals surface area contributed by atoms with Gasteiger partial charge in [0.05, 0.1) is 29.3 Å². The van der Waals surface area contributed by atoms with Crippen LogP contribution in [-0.4, -0.2) is 18.8 Å². The molecule has 0 saturated heterocycles. The van der Waals surface area contributed by atoms with E-state index in [1.165, 1.54) is 4.88 Å². The van der Waals surface area contributed by atoms with E-state index < -0.39 is 0 Å². The molecular weight excluding hydrogens is 280 g/mol. The molecule has 0 aliphatic heterocycles. The number of aliphatic hydroxyl groups is 1. The lowest BCUT2D eigenvalue weighted by molar-refractivity contribution is 0.305. The van der Waals surface area contributed by atoms with Crippen molar-refractivity contribution in [3.63, 3.8) is 0 Å². The summed E-state index contributed by atoms with van der Waals surface area (Å²) >= 11 is 1.64. The molecule has 1 aromatic heterocycles. The second-order valence-corrected chi connectivity index (χ2v) is 5.69. The second kappa shape index (κ2) is 7.50. The number of thiophene rings is 1. The number of hydrogen-bond acceptors (Lipinski definition) is 4. The maximum Gasteiger partial charge on any atom is 0.101 e. The van der Waals surface area contributed by atoms with Crippen molar-refractivity contribution < 1.29 is 5.11 Å². The van der Waals surface area contributed by atoms with Crippen molar-refractivity contribution in [3.05, 3.63) is 51.7 Å². The summed E-state index contributed by atoms with van der Waals surface area (Å²) in [5.41, 5.74) is 1.61. The third-order valence-corrected chi connectivity index (χ3v) is 3.92. The molecule has 1 aromatic carbocycles. The minimum absolute atomic E-state index is 0.0961. The van der Waals surface area contributed by atoms with Gasteiger partial charge in [-0.3, -0.25) is 0 Å². The van der Waals surface area contributed by atoms with Gasteiger partial charge in [-0.1, -0.05) is 24.0 Å². The van der Waals surface area contributed by atoms with Gasteiger partial charge in [0, 0.05) is 18.3 Å². The molecule has 0 atom stereocenters. The van der Waals surface area contributed by atoms with Crippen molar-refractivity contribution in [2.45, 2.75) is 13.0 Å². The number of para-hydroxylation sites is 1. The largest absolute Gasteiger partial charge is 0.395 e. The highest BCUT2D eigenvalue weighted by atomic mass is 32.1. The van der Waals surface area contributed by atoms with Crippen molar-refractivity contribution in [1.29, 1.82) is 5.26 Å². The van der Waals surface area contributed by atoms with Crippen LogP contribution in [0.4, 0.5) is 5.69 Å². The molecule has 21 heavy (non-hydrogen) atoms. The number of nitrogens with zero attached hydrogens (tertiary/aromatic N) is 2. The first-order valence-corrected chi connectivity index (χ1v) is 7.45. The zero-order chi connectivity index (χ0) is 15.1. The normalized spacial score (nSPS) is 9.57. The summed E-state index contributed by atoms with van der Waals surface area (Å²) in [4.78, 5) is 4.26. The molecule has 0 spiro atoms. The lowest BCUT2D eigenvalue weighted by Gasteiger charge is -2.19. The van der Waals surface area contributed by atoms with E-state index in [1.807, 2.05) is 37.4 Å². The van der Waals surface area contributed by atoms with Crippen LogP contribution < -0.4 is 4.90 Å². The molecule has 0 bridgehead atoms. The predicted molar refractivity (Wildman–Crippen MR) is 86.2 cm³/mol. The number of rotatable bonds is 4. The van der Waals surface area contributed by atoms with Gasteiger partial charge in [-0.05, 0) is 24.3 Å². The molecule has 1 N–H and O–H groups in total. The van der Waals surface area contributed by atoms with Crippen LogP contribution in [0.15, 0.2) is 36.4 Å². The fraction of sp³-hybridized carbons (Fsp3) is 0.235. The maximum absolute atomic E-state index is 9.15. The van der Waals surface area contributed by atoms with Crippen LogP contribution in [0.1, 0.15) is 21.7 Å². The van der Waals surface area contributed by atoms with Crippen molar-refractivity contribution in [3.8, 4) is 17.9 Å². The van der Waals surface area contributed by atoms with E-state index in [2.05, 4.69) is 28.9 Å². The Balaban J connectivity index is 2.09. The topological polar surface area (TPSA) is 47.3 Å². The first-order chi connectivity index (χ1) is 10.2. The van der Waals surface area contributed by atoms with Gasteiger partial charge >= 0.3 is 0 Å². The molecule has 0 aliphatic rings. The molecule has 2 aromatic rings. The summed E-state index contributed by atoms with van der Waals surface area (Å²) in [6.07, 6.45) is 0.503. The van der Waals surface area contributed by atoms with Crippen molar-refractivity contribution >= 4 is 17.0 Å². The van der Waals surface area contributed by atoms with Gasteiger partial charge in [-0.2, -0.15) is 5.26 Å². The lowest BCUT2D eigenvalue weighted by Crippen LogP contribution is -2.16. The fourth-order valence-electron chi connectivity index (χ4n) is 1.96. The van der Waals surface area contributed by atoms with E-state index in [0.717, 1.165) is 17.1 Å². The summed E-state index contributed by atoms with van der Waals surface area (Å²) in [6.45, 7) is 0.837. The van der Waals surface area contributed by atoms with Crippen LogP contribution in [0.2, 0.25) is 0 Å². The Morgan fingerprint density at radius 3 is 2.81 bits per heavy atom. The van der Waals surface area contributed by atoms with E-state index in [0.29, 0.717) is 12.0 Å². The lowest BCUT2D eigenvalue weighted by atomic mass is 10.2. The molecule has 0 radical (unpaired) electrons. The third kappa shape index (κ3) is 4.10. The quantitative estimate of drug-likeness (QED) is 0.882. The molecule has 2 rings (SSSR count). The first-order valence-electron chi connectivity index (χ1n) is 6.63. The minimum atomic E-state index is 0.0961. The van der Waals surface area contributed by atoms with E-state index in [4.69, 9.17) is 10.4 Å². The molecule has 0 saturated carbocycles. The highest BCUT2D eigenvalue weighted by Gasteiger charge is 2.08. The van der Waals surface area contributed by atoms with Gasteiger partial charge in [0.2, 0.25) is 0 Å². The van der Waals surface area contributed by atoms with Gasteiger partial charge in [0.1, 0.15) is 6.07 Å². The monoisotopic (exact) mass is 296 g/mol. The zero-order valence-corrected chi connectivity index (χ0v) is 12.7. The molecule has 1 heterocycles. The van der Waals surface area contributed by atoms with Crippen molar-refractivity contribution in [2.75, 3.05) is 18.6 Å². The van der Waals surface area contributed by atoms with E-state index in [9.17, 15) is 0 Å². The van der Waals surface area contributed by atoms with Crippen molar-refractivity contribution in [1.82, 2.24) is 0 Å². The van der Waals surface area contributed by atoms with E-state index in [-0.39, 0.29) is 6.61 Å². The molecule has 0 fully saturated rings. The number of nitriles is 1. The Morgan fingerprint density at radius 1 is 1.24 bits per heavy atom. The molecular formula is C17H16N2OS. The summed E-state index contributed by atoms with van der Waals surface area (Å²) in [6, 6.07) is 13.9. The Hall–Kier alpha value is -2.27. The van der Waals surface area contributed by atoms with Crippen LogP contribution in [0, 0.1) is 23.2 Å². The van der Waals surface area contributed by atoms with Gasteiger partial charge in [-0.15, -0.1) is 11.3 Å². The maximum atomic E-state index is 9.15. The number of aliphatic hydroxyl groups excluding tert-OH is 1. The smallest absolute Gasteiger partial charge is 0.101 e. The Morgan fingerprint density at radius 2 is 2.05 bits per heavy atom. The van der Waals surface area contributed by atoms with Crippen LogP contribution in [0.3, 0.4) is 0 Å². The Bertz CT molecular complexity index is 703. The zero-order valence-electron chi connectivity index (χ0n) is 11.8. The first kappa shape index (κ1) is 15.1. The SMILES string of the molecule is CN(Cc1ccc(C#CCCO)s1)c1ccccc1C#N. The Kier molecular flexibility index (Phi) is 5.40. The molecule has 0 amide bonds.